The van der Waals surface area contributed by atoms with Crippen LogP contribution in [0.5, 0.6) is 0 Å². The van der Waals surface area contributed by atoms with E-state index in [0.29, 0.717) is 13.0 Å². The maximum Gasteiger partial charge on any atom is 0.410 e. The standard InChI is InChI=1S/C16H18N2O3/c1-12-9-14(15(19)7-8-17)18(10-12)16(20)21-11-13-5-3-2-4-6-13/h2-6,12,14H,7,9-11H2,1H3/t12?,14-/m0/s1. The predicted molar refractivity (Wildman–Crippen MR) is 76.1 cm³/mol. The lowest BCUT2D eigenvalue weighted by Gasteiger charge is -2.22. The highest BCUT2D eigenvalue weighted by molar-refractivity contribution is 5.89. The lowest BCUT2D eigenvalue weighted by molar-refractivity contribution is -0.122. The molecule has 1 unspecified atom stereocenters. The highest BCUT2D eigenvalue weighted by Crippen LogP contribution is 2.25. The molecule has 2 rings (SSSR count). The van der Waals surface area contributed by atoms with Gasteiger partial charge in [0.25, 0.3) is 0 Å². The molecule has 2 atom stereocenters. The number of hydrogen-bond donors (Lipinski definition) is 0. The van der Waals surface area contributed by atoms with Crippen LogP contribution in [0, 0.1) is 17.2 Å². The molecule has 1 amide bonds. The van der Waals surface area contributed by atoms with E-state index in [4.69, 9.17) is 10.00 Å². The van der Waals surface area contributed by atoms with Gasteiger partial charge in [-0.15, -0.1) is 0 Å². The minimum atomic E-state index is -0.525. The summed E-state index contributed by atoms with van der Waals surface area (Å²) in [6.07, 6.45) is -0.0552. The van der Waals surface area contributed by atoms with E-state index in [0.717, 1.165) is 5.56 Å². The minimum Gasteiger partial charge on any atom is -0.445 e. The van der Waals surface area contributed by atoms with E-state index in [1.165, 1.54) is 4.90 Å². The Labute approximate surface area is 124 Å². The molecule has 1 fully saturated rings. The molecule has 1 aliphatic rings. The van der Waals surface area contributed by atoms with Gasteiger partial charge >= 0.3 is 6.09 Å². The SMILES string of the molecule is CC1C[C@@H](C(=O)CC#N)N(C(=O)OCc2ccccc2)C1. The molecule has 1 aliphatic heterocycles. The molecule has 0 aliphatic carbocycles. The second kappa shape index (κ2) is 6.89. The predicted octanol–water partition coefficient (Wildman–Crippen LogP) is 2.52. The molecule has 0 radical (unpaired) electrons. The van der Waals surface area contributed by atoms with Crippen LogP contribution >= 0.6 is 0 Å². The Hall–Kier alpha value is -2.35. The fraction of sp³-hybridized carbons (Fsp3) is 0.438. The smallest absolute Gasteiger partial charge is 0.410 e. The Morgan fingerprint density at radius 3 is 2.76 bits per heavy atom. The van der Waals surface area contributed by atoms with Gasteiger partial charge in [0, 0.05) is 6.54 Å². The largest absolute Gasteiger partial charge is 0.445 e. The lowest BCUT2D eigenvalue weighted by Crippen LogP contribution is -2.40. The number of carbonyl (C=O) groups excluding carboxylic acids is 2. The normalized spacial score (nSPS) is 20.9. The van der Waals surface area contributed by atoms with Gasteiger partial charge in [-0.25, -0.2) is 4.79 Å². The van der Waals surface area contributed by atoms with Crippen LogP contribution in [-0.2, 0) is 16.1 Å². The van der Waals surface area contributed by atoms with Crippen LogP contribution in [0.3, 0.4) is 0 Å². The fourth-order valence-electron chi connectivity index (χ4n) is 2.55. The summed E-state index contributed by atoms with van der Waals surface area (Å²) in [6.45, 7) is 2.66. The highest BCUT2D eigenvalue weighted by Gasteiger charge is 2.38. The van der Waals surface area contributed by atoms with E-state index in [1.807, 2.05) is 43.3 Å². The average molecular weight is 286 g/mol. The second-order valence-electron chi connectivity index (χ2n) is 5.35. The summed E-state index contributed by atoms with van der Waals surface area (Å²) in [5, 5.41) is 8.63. The summed E-state index contributed by atoms with van der Waals surface area (Å²) >= 11 is 0. The molecule has 110 valence electrons. The Bertz CT molecular complexity index is 550. The molecule has 1 saturated heterocycles. The van der Waals surface area contributed by atoms with Crippen molar-refractivity contribution in [3.63, 3.8) is 0 Å². The Morgan fingerprint density at radius 1 is 1.38 bits per heavy atom. The number of Topliss-reactive ketones (excluding diaryl/α,β-unsaturated/α-hetero) is 1. The zero-order chi connectivity index (χ0) is 15.2. The van der Waals surface area contributed by atoms with Crippen molar-refractivity contribution in [2.24, 2.45) is 5.92 Å². The van der Waals surface area contributed by atoms with E-state index in [1.54, 1.807) is 0 Å². The van der Waals surface area contributed by atoms with E-state index in [-0.39, 0.29) is 24.7 Å². The number of carbonyl (C=O) groups is 2. The molecule has 21 heavy (non-hydrogen) atoms. The van der Waals surface area contributed by atoms with Crippen LogP contribution in [0.4, 0.5) is 4.79 Å². The molecule has 0 bridgehead atoms. The molecule has 0 aromatic heterocycles. The maximum atomic E-state index is 12.2. The van der Waals surface area contributed by atoms with Gasteiger partial charge in [-0.05, 0) is 17.9 Å². The molecular formula is C16H18N2O3. The topological polar surface area (TPSA) is 70.4 Å². The Morgan fingerprint density at radius 2 is 2.10 bits per heavy atom. The highest BCUT2D eigenvalue weighted by atomic mass is 16.6. The fourth-order valence-corrected chi connectivity index (χ4v) is 2.55. The van der Waals surface area contributed by atoms with Crippen molar-refractivity contribution in [2.45, 2.75) is 32.4 Å². The molecule has 5 nitrogen and oxygen atoms in total. The molecule has 1 aromatic carbocycles. The summed E-state index contributed by atoms with van der Waals surface area (Å²) in [4.78, 5) is 25.5. The number of ketones is 1. The van der Waals surface area contributed by atoms with Crippen LogP contribution in [0.1, 0.15) is 25.3 Å². The third-order valence-corrected chi connectivity index (χ3v) is 3.57. The van der Waals surface area contributed by atoms with Crippen molar-refractivity contribution >= 4 is 11.9 Å². The molecule has 5 heteroatoms. The van der Waals surface area contributed by atoms with Gasteiger partial charge in [-0.2, -0.15) is 5.26 Å². The molecular weight excluding hydrogens is 268 g/mol. The van der Waals surface area contributed by atoms with Crippen molar-refractivity contribution in [3.05, 3.63) is 35.9 Å². The van der Waals surface area contributed by atoms with Gasteiger partial charge in [0.2, 0.25) is 0 Å². The van der Waals surface area contributed by atoms with Crippen molar-refractivity contribution in [2.75, 3.05) is 6.54 Å². The summed E-state index contributed by atoms with van der Waals surface area (Å²) in [6, 6.07) is 10.7. The van der Waals surface area contributed by atoms with Crippen molar-refractivity contribution in [3.8, 4) is 6.07 Å². The number of nitriles is 1. The van der Waals surface area contributed by atoms with Crippen LogP contribution in [0.2, 0.25) is 0 Å². The van der Waals surface area contributed by atoms with Crippen LogP contribution in [0.15, 0.2) is 30.3 Å². The van der Waals surface area contributed by atoms with Crippen LogP contribution in [-0.4, -0.2) is 29.4 Å². The van der Waals surface area contributed by atoms with E-state index >= 15 is 0 Å². The maximum absolute atomic E-state index is 12.2. The summed E-state index contributed by atoms with van der Waals surface area (Å²) < 4.78 is 5.27. The third kappa shape index (κ3) is 3.82. The van der Waals surface area contributed by atoms with Crippen LogP contribution < -0.4 is 0 Å². The number of rotatable bonds is 4. The first-order valence-corrected chi connectivity index (χ1v) is 6.98. The summed E-state index contributed by atoms with van der Waals surface area (Å²) in [5.41, 5.74) is 0.901. The first-order valence-electron chi connectivity index (χ1n) is 6.98. The number of benzene rings is 1. The first-order chi connectivity index (χ1) is 10.1. The van der Waals surface area contributed by atoms with Crippen molar-refractivity contribution in [1.29, 1.82) is 5.26 Å². The lowest BCUT2D eigenvalue weighted by atomic mass is 10.0. The van der Waals surface area contributed by atoms with Crippen molar-refractivity contribution < 1.29 is 14.3 Å². The molecule has 1 aromatic rings. The van der Waals surface area contributed by atoms with Gasteiger partial charge in [0.1, 0.15) is 6.61 Å². The van der Waals surface area contributed by atoms with Gasteiger partial charge < -0.3 is 4.74 Å². The monoisotopic (exact) mass is 286 g/mol. The zero-order valence-corrected chi connectivity index (χ0v) is 12.0. The molecule has 1 heterocycles. The van der Waals surface area contributed by atoms with E-state index in [9.17, 15) is 9.59 Å². The molecule has 0 N–H and O–H groups in total. The molecule has 0 spiro atoms. The van der Waals surface area contributed by atoms with E-state index in [2.05, 4.69) is 0 Å². The minimum absolute atomic E-state index is 0.167. The quantitative estimate of drug-likeness (QED) is 0.852. The number of hydrogen-bond acceptors (Lipinski definition) is 4. The summed E-state index contributed by atoms with van der Waals surface area (Å²) in [5.74, 6) is 0.0282. The van der Waals surface area contributed by atoms with E-state index < -0.39 is 12.1 Å². The van der Waals surface area contributed by atoms with Crippen LogP contribution in [0.25, 0.3) is 0 Å². The third-order valence-electron chi connectivity index (χ3n) is 3.57. The Balaban J connectivity index is 1.96. The summed E-state index contributed by atoms with van der Waals surface area (Å²) in [7, 11) is 0. The number of likely N-dealkylation sites (tertiary alicyclic amines) is 1. The van der Waals surface area contributed by atoms with Gasteiger partial charge in [0.05, 0.1) is 18.5 Å². The molecule has 0 saturated carbocycles. The van der Waals surface area contributed by atoms with Gasteiger partial charge in [0.15, 0.2) is 5.78 Å². The second-order valence-corrected chi connectivity index (χ2v) is 5.35. The number of ether oxygens (including phenoxy) is 1. The number of nitrogens with zero attached hydrogens (tertiary/aromatic N) is 2. The van der Waals surface area contributed by atoms with Crippen molar-refractivity contribution in [1.82, 2.24) is 4.90 Å². The average Bonchev–Trinajstić information content (AvgIpc) is 2.88. The van der Waals surface area contributed by atoms with Gasteiger partial charge in [-0.1, -0.05) is 37.3 Å². The first kappa shape index (κ1) is 15.0. The number of amides is 1. The zero-order valence-electron chi connectivity index (χ0n) is 12.0. The Kier molecular flexibility index (Phi) is 4.94. The van der Waals surface area contributed by atoms with Gasteiger partial charge in [-0.3, -0.25) is 9.69 Å².